The van der Waals surface area contributed by atoms with Crippen LogP contribution in [0.5, 0.6) is 0 Å². The number of ether oxygens (including phenoxy) is 2. The van der Waals surface area contributed by atoms with E-state index in [0.717, 1.165) is 28.2 Å². The standard InChI is InChI=1S/C28H35N3O5S/c1-28(2,3)36-26(33)30-15-13-24(14-16-30)37-23-11-9-22(10-12-23)31(25(32)21-17-29-18-21)27(34)35-19-20-7-5-4-6-8-20/h4-12,21,24,29H,13-19H2,1-3H3. The number of piperidine rings is 1. The number of carbonyl (C=O) groups excluding carboxylic acids is 3. The summed E-state index contributed by atoms with van der Waals surface area (Å²) in [4.78, 5) is 42.4. The molecule has 37 heavy (non-hydrogen) atoms. The van der Waals surface area contributed by atoms with Crippen molar-refractivity contribution in [3.8, 4) is 0 Å². The van der Waals surface area contributed by atoms with Gasteiger partial charge in [-0.2, -0.15) is 0 Å². The van der Waals surface area contributed by atoms with Gasteiger partial charge in [-0.1, -0.05) is 30.3 Å². The van der Waals surface area contributed by atoms with Crippen molar-refractivity contribution < 1.29 is 23.9 Å². The summed E-state index contributed by atoms with van der Waals surface area (Å²) in [6.45, 7) is 8.15. The van der Waals surface area contributed by atoms with Gasteiger partial charge in [0.05, 0.1) is 11.6 Å². The first kappa shape index (κ1) is 27.0. The Hall–Kier alpha value is -3.04. The minimum atomic E-state index is -0.671. The minimum Gasteiger partial charge on any atom is -0.444 e. The zero-order chi connectivity index (χ0) is 26.4. The second-order valence-corrected chi connectivity index (χ2v) is 11.7. The highest BCUT2D eigenvalue weighted by molar-refractivity contribution is 8.00. The first-order valence-electron chi connectivity index (χ1n) is 12.7. The van der Waals surface area contributed by atoms with E-state index in [2.05, 4.69) is 5.32 Å². The van der Waals surface area contributed by atoms with Crippen LogP contribution in [0.15, 0.2) is 59.5 Å². The van der Waals surface area contributed by atoms with Gasteiger partial charge in [-0.15, -0.1) is 11.8 Å². The van der Waals surface area contributed by atoms with E-state index in [1.165, 1.54) is 0 Å². The number of likely N-dealkylation sites (tertiary alicyclic amines) is 1. The van der Waals surface area contributed by atoms with E-state index in [4.69, 9.17) is 9.47 Å². The molecule has 9 heteroatoms. The topological polar surface area (TPSA) is 88.2 Å². The van der Waals surface area contributed by atoms with Crippen LogP contribution >= 0.6 is 11.8 Å². The second kappa shape index (κ2) is 12.0. The highest BCUT2D eigenvalue weighted by Crippen LogP contribution is 2.32. The van der Waals surface area contributed by atoms with Gasteiger partial charge >= 0.3 is 12.2 Å². The average molecular weight is 526 g/mol. The maximum Gasteiger partial charge on any atom is 0.421 e. The normalized spacial score (nSPS) is 16.6. The number of rotatable bonds is 6. The summed E-state index contributed by atoms with van der Waals surface area (Å²) >= 11 is 1.75. The van der Waals surface area contributed by atoms with Crippen molar-refractivity contribution in [2.24, 2.45) is 5.92 Å². The lowest BCUT2D eigenvalue weighted by Gasteiger charge is -2.33. The third kappa shape index (κ3) is 7.49. The number of hydrogen-bond acceptors (Lipinski definition) is 7. The molecule has 0 aromatic heterocycles. The molecule has 0 unspecified atom stereocenters. The molecule has 0 spiro atoms. The molecule has 2 aliphatic rings. The number of imide groups is 1. The number of nitrogens with zero attached hydrogens (tertiary/aromatic N) is 2. The zero-order valence-corrected chi connectivity index (χ0v) is 22.5. The number of benzene rings is 2. The fourth-order valence-electron chi connectivity index (χ4n) is 4.10. The van der Waals surface area contributed by atoms with Gasteiger partial charge in [0.2, 0.25) is 5.91 Å². The molecule has 4 rings (SSSR count). The van der Waals surface area contributed by atoms with Crippen LogP contribution < -0.4 is 10.2 Å². The number of amides is 3. The summed E-state index contributed by atoms with van der Waals surface area (Å²) in [5, 5.41) is 3.46. The third-order valence-electron chi connectivity index (χ3n) is 6.23. The van der Waals surface area contributed by atoms with E-state index in [1.54, 1.807) is 28.8 Å². The summed E-state index contributed by atoms with van der Waals surface area (Å²) in [6.07, 6.45) is 0.814. The fourth-order valence-corrected chi connectivity index (χ4v) is 5.23. The van der Waals surface area contributed by atoms with Crippen LogP contribution in [-0.4, -0.2) is 60.0 Å². The van der Waals surface area contributed by atoms with Crippen molar-refractivity contribution in [2.75, 3.05) is 31.1 Å². The van der Waals surface area contributed by atoms with Crippen molar-refractivity contribution in [3.05, 3.63) is 60.2 Å². The van der Waals surface area contributed by atoms with Crippen LogP contribution in [0.25, 0.3) is 0 Å². The summed E-state index contributed by atoms with van der Waals surface area (Å²) in [6, 6.07) is 16.9. The molecule has 1 N–H and O–H groups in total. The Morgan fingerprint density at radius 3 is 2.22 bits per heavy atom. The fraction of sp³-hybridized carbons (Fsp3) is 0.464. The molecule has 3 amide bonds. The van der Waals surface area contributed by atoms with E-state index in [0.29, 0.717) is 37.1 Å². The lowest BCUT2D eigenvalue weighted by molar-refractivity contribution is -0.123. The minimum absolute atomic E-state index is 0.0995. The smallest absolute Gasteiger partial charge is 0.421 e. The summed E-state index contributed by atoms with van der Waals surface area (Å²) in [7, 11) is 0. The highest BCUT2D eigenvalue weighted by Gasteiger charge is 2.35. The Labute approximate surface area is 222 Å². The zero-order valence-electron chi connectivity index (χ0n) is 21.6. The number of carbonyl (C=O) groups is 3. The molecule has 0 saturated carbocycles. The van der Waals surface area contributed by atoms with E-state index >= 15 is 0 Å². The Kier molecular flexibility index (Phi) is 8.76. The summed E-state index contributed by atoms with van der Waals surface area (Å²) in [5.41, 5.74) is 0.861. The quantitative estimate of drug-likeness (QED) is 0.564. The van der Waals surface area contributed by atoms with Crippen molar-refractivity contribution in [2.45, 2.75) is 56.0 Å². The molecule has 8 nitrogen and oxygen atoms in total. The van der Waals surface area contributed by atoms with Gasteiger partial charge in [-0.25, -0.2) is 14.5 Å². The molecule has 2 aliphatic heterocycles. The lowest BCUT2D eigenvalue weighted by atomic mass is 10.0. The highest BCUT2D eigenvalue weighted by atomic mass is 32.2. The van der Waals surface area contributed by atoms with Gasteiger partial charge in [0.15, 0.2) is 0 Å². The average Bonchev–Trinajstić information content (AvgIpc) is 2.83. The molecule has 2 fully saturated rings. The molecule has 2 aromatic rings. The molecule has 0 bridgehead atoms. The predicted octanol–water partition coefficient (Wildman–Crippen LogP) is 5.07. The van der Waals surface area contributed by atoms with Crippen LogP contribution in [0.1, 0.15) is 39.2 Å². The maximum atomic E-state index is 13.1. The Morgan fingerprint density at radius 1 is 1.00 bits per heavy atom. The van der Waals surface area contributed by atoms with Crippen LogP contribution in [0.2, 0.25) is 0 Å². The summed E-state index contributed by atoms with van der Waals surface area (Å²) in [5.74, 6) is -0.500. The largest absolute Gasteiger partial charge is 0.444 e. The van der Waals surface area contributed by atoms with Gasteiger partial charge in [0.25, 0.3) is 0 Å². The first-order chi connectivity index (χ1) is 17.7. The van der Waals surface area contributed by atoms with Gasteiger partial charge < -0.3 is 19.7 Å². The molecule has 198 valence electrons. The first-order valence-corrected chi connectivity index (χ1v) is 13.6. The monoisotopic (exact) mass is 525 g/mol. The van der Waals surface area contributed by atoms with Gasteiger partial charge in [0, 0.05) is 36.3 Å². The maximum absolute atomic E-state index is 13.1. The molecular formula is C28H35N3O5S. The van der Waals surface area contributed by atoms with Crippen LogP contribution in [0.3, 0.4) is 0 Å². The lowest BCUT2D eigenvalue weighted by Crippen LogP contribution is -2.53. The van der Waals surface area contributed by atoms with E-state index in [-0.39, 0.29) is 24.5 Å². The Bertz CT molecular complexity index is 1080. The van der Waals surface area contributed by atoms with Crippen LogP contribution in [0.4, 0.5) is 15.3 Å². The van der Waals surface area contributed by atoms with Gasteiger partial charge in [0.1, 0.15) is 12.2 Å². The molecule has 2 aromatic carbocycles. The van der Waals surface area contributed by atoms with Gasteiger partial charge in [-0.3, -0.25) is 4.79 Å². The van der Waals surface area contributed by atoms with Gasteiger partial charge in [-0.05, 0) is 63.4 Å². The van der Waals surface area contributed by atoms with Crippen LogP contribution in [0, 0.1) is 5.92 Å². The number of anilines is 1. The van der Waals surface area contributed by atoms with Crippen molar-refractivity contribution in [1.29, 1.82) is 0 Å². The number of nitrogens with one attached hydrogen (secondary N) is 1. The summed E-state index contributed by atoms with van der Waals surface area (Å²) < 4.78 is 11.0. The predicted molar refractivity (Wildman–Crippen MR) is 144 cm³/mol. The van der Waals surface area contributed by atoms with E-state index in [1.807, 2.05) is 63.2 Å². The third-order valence-corrected chi connectivity index (χ3v) is 7.58. The second-order valence-electron chi connectivity index (χ2n) is 10.3. The molecular weight excluding hydrogens is 490 g/mol. The molecule has 0 atom stereocenters. The SMILES string of the molecule is CC(C)(C)OC(=O)N1CCC(Sc2ccc(N(C(=O)OCc3ccccc3)C(=O)C3CNC3)cc2)CC1. The Balaban J connectivity index is 1.35. The molecule has 0 radical (unpaired) electrons. The molecule has 2 saturated heterocycles. The van der Waals surface area contributed by atoms with E-state index < -0.39 is 11.7 Å². The number of thioether (sulfide) groups is 1. The van der Waals surface area contributed by atoms with Crippen molar-refractivity contribution >= 4 is 35.5 Å². The van der Waals surface area contributed by atoms with Crippen molar-refractivity contribution in [1.82, 2.24) is 10.2 Å². The van der Waals surface area contributed by atoms with Crippen LogP contribution in [-0.2, 0) is 20.9 Å². The number of hydrogen-bond donors (Lipinski definition) is 1. The Morgan fingerprint density at radius 2 is 1.65 bits per heavy atom. The van der Waals surface area contributed by atoms with E-state index in [9.17, 15) is 14.4 Å². The van der Waals surface area contributed by atoms with Crippen molar-refractivity contribution in [3.63, 3.8) is 0 Å². The molecule has 2 heterocycles. The molecule has 0 aliphatic carbocycles.